The zero-order valence-corrected chi connectivity index (χ0v) is 16.1. The van der Waals surface area contributed by atoms with Crippen molar-refractivity contribution < 1.29 is 31.9 Å². The zero-order chi connectivity index (χ0) is 21.9. The van der Waals surface area contributed by atoms with Crippen molar-refractivity contribution in [1.29, 1.82) is 5.26 Å². The van der Waals surface area contributed by atoms with E-state index in [-0.39, 0.29) is 0 Å². The summed E-state index contributed by atoms with van der Waals surface area (Å²) in [5, 5.41) is 11.8. The first kappa shape index (κ1) is 23.4. The number of hydrogen-bond acceptors (Lipinski definition) is 5. The summed E-state index contributed by atoms with van der Waals surface area (Å²) in [5.41, 5.74) is -1.62. The lowest BCUT2D eigenvalue weighted by atomic mass is 10.1. The molecule has 11 heteroatoms. The number of amides is 2. The van der Waals surface area contributed by atoms with Crippen LogP contribution in [0.3, 0.4) is 0 Å². The van der Waals surface area contributed by atoms with Gasteiger partial charge in [0.1, 0.15) is 23.9 Å². The molecule has 1 heterocycles. The standard InChI is InChI=1S/C17H22F4N4O3/c1-6-10(8-22)13(17(19,20)21)23-24-14(26)12-7-11(18)9(2)25(12)15(27)28-16(3,4)5/h6,9,11-12H,7H2,1-5H3,(H,24,26)/b10-6-,23-13+/t9-,11+,12-/m0/s1. The van der Waals surface area contributed by atoms with Crippen molar-refractivity contribution in [2.75, 3.05) is 0 Å². The average molecular weight is 406 g/mol. The number of carbonyl (C=O) groups excluding carboxylic acids is 2. The average Bonchev–Trinajstić information content (AvgIpc) is 2.84. The first-order valence-electron chi connectivity index (χ1n) is 8.39. The minimum Gasteiger partial charge on any atom is -0.444 e. The van der Waals surface area contributed by atoms with Gasteiger partial charge in [-0.25, -0.2) is 14.6 Å². The molecule has 0 aromatic rings. The molecule has 0 bridgehead atoms. The first-order valence-corrected chi connectivity index (χ1v) is 8.39. The van der Waals surface area contributed by atoms with Crippen molar-refractivity contribution in [1.82, 2.24) is 10.3 Å². The molecule has 0 aromatic carbocycles. The van der Waals surface area contributed by atoms with E-state index in [1.165, 1.54) is 19.9 Å². The molecule has 1 N–H and O–H groups in total. The van der Waals surface area contributed by atoms with Crippen LogP contribution in [0.5, 0.6) is 0 Å². The lowest BCUT2D eigenvalue weighted by molar-refractivity contribution is -0.125. The van der Waals surface area contributed by atoms with Crippen molar-refractivity contribution >= 4 is 17.7 Å². The van der Waals surface area contributed by atoms with Gasteiger partial charge in [-0.1, -0.05) is 6.08 Å². The molecule has 156 valence electrons. The molecule has 1 rings (SSSR count). The van der Waals surface area contributed by atoms with Crippen LogP contribution in [0.1, 0.15) is 41.0 Å². The highest BCUT2D eigenvalue weighted by Crippen LogP contribution is 2.29. The van der Waals surface area contributed by atoms with Gasteiger partial charge in [-0.15, -0.1) is 0 Å². The van der Waals surface area contributed by atoms with E-state index in [2.05, 4.69) is 5.10 Å². The summed E-state index contributed by atoms with van der Waals surface area (Å²) in [5.74, 6) is -1.12. The van der Waals surface area contributed by atoms with Crippen molar-refractivity contribution in [2.45, 2.75) is 71.1 Å². The Morgan fingerprint density at radius 3 is 2.32 bits per heavy atom. The highest BCUT2D eigenvalue weighted by atomic mass is 19.4. The third-order valence-corrected chi connectivity index (χ3v) is 3.86. The summed E-state index contributed by atoms with van der Waals surface area (Å²) in [4.78, 5) is 25.5. The SMILES string of the molecule is C/C=C(C#N)\C(=N/NC(=O)[C@@H]1C[C@@H](F)[C@H](C)N1C(=O)OC(C)(C)C)C(F)(F)F. The number of hydrazone groups is 1. The van der Waals surface area contributed by atoms with Gasteiger partial charge in [-0.2, -0.15) is 23.5 Å². The molecule has 0 unspecified atom stereocenters. The molecule has 1 saturated heterocycles. The summed E-state index contributed by atoms with van der Waals surface area (Å²) < 4.78 is 58.4. The van der Waals surface area contributed by atoms with E-state index >= 15 is 0 Å². The largest absolute Gasteiger partial charge is 0.444 e. The normalized spacial score (nSPS) is 24.0. The van der Waals surface area contributed by atoms with Crippen LogP contribution in [0.2, 0.25) is 0 Å². The Labute approximate surface area is 160 Å². The summed E-state index contributed by atoms with van der Waals surface area (Å²) in [7, 11) is 0. The molecular formula is C17H22F4N4O3. The quantitative estimate of drug-likeness (QED) is 0.337. The van der Waals surface area contributed by atoms with E-state index in [9.17, 15) is 27.2 Å². The molecule has 0 spiro atoms. The maximum Gasteiger partial charge on any atom is 0.436 e. The fraction of sp³-hybridized carbons (Fsp3) is 0.647. The van der Waals surface area contributed by atoms with Gasteiger partial charge in [0.2, 0.25) is 0 Å². The Bertz CT molecular complexity index is 719. The third-order valence-electron chi connectivity index (χ3n) is 3.86. The Kier molecular flexibility index (Phi) is 7.17. The predicted molar refractivity (Wildman–Crippen MR) is 91.8 cm³/mol. The molecule has 0 aliphatic carbocycles. The molecule has 0 radical (unpaired) electrons. The van der Waals surface area contributed by atoms with Crippen molar-refractivity contribution in [3.05, 3.63) is 11.6 Å². The van der Waals surface area contributed by atoms with Crippen LogP contribution in [-0.4, -0.2) is 52.6 Å². The van der Waals surface area contributed by atoms with Crippen molar-refractivity contribution in [2.24, 2.45) is 5.10 Å². The zero-order valence-electron chi connectivity index (χ0n) is 16.1. The number of rotatable bonds is 3. The van der Waals surface area contributed by atoms with Crippen LogP contribution in [0, 0.1) is 11.3 Å². The second-order valence-electron chi connectivity index (χ2n) is 7.14. The Morgan fingerprint density at radius 2 is 1.89 bits per heavy atom. The van der Waals surface area contributed by atoms with Gasteiger partial charge in [0, 0.05) is 6.42 Å². The lowest BCUT2D eigenvalue weighted by Gasteiger charge is -2.30. The van der Waals surface area contributed by atoms with Crippen LogP contribution in [0.15, 0.2) is 16.8 Å². The molecule has 0 saturated carbocycles. The van der Waals surface area contributed by atoms with Gasteiger partial charge in [0.25, 0.3) is 5.91 Å². The van der Waals surface area contributed by atoms with Crippen molar-refractivity contribution in [3.8, 4) is 6.07 Å². The van der Waals surface area contributed by atoms with Gasteiger partial charge in [0.15, 0.2) is 5.71 Å². The molecule has 1 aliphatic rings. The topological polar surface area (TPSA) is 94.8 Å². The number of allylic oxidation sites excluding steroid dienone is 2. The lowest BCUT2D eigenvalue weighted by Crippen LogP contribution is -2.49. The van der Waals surface area contributed by atoms with E-state index < -0.39 is 59.7 Å². The summed E-state index contributed by atoms with van der Waals surface area (Å²) in [6.07, 6.45) is -7.06. The minimum absolute atomic E-state index is 0.419. The third kappa shape index (κ3) is 5.68. The maximum absolute atomic E-state index is 14.1. The van der Waals surface area contributed by atoms with Crippen LogP contribution in [-0.2, 0) is 9.53 Å². The number of nitriles is 1. The number of nitrogens with zero attached hydrogens (tertiary/aromatic N) is 3. The molecule has 1 aliphatic heterocycles. The number of carbonyl (C=O) groups is 2. The number of hydrogen-bond donors (Lipinski definition) is 1. The Balaban J connectivity index is 3.11. The number of ether oxygens (including phenoxy) is 1. The number of halogens is 4. The molecule has 3 atom stereocenters. The van der Waals surface area contributed by atoms with Crippen LogP contribution < -0.4 is 5.43 Å². The Hall–Kier alpha value is -2.64. The highest BCUT2D eigenvalue weighted by molar-refractivity contribution is 6.07. The molecule has 7 nitrogen and oxygen atoms in total. The summed E-state index contributed by atoms with van der Waals surface area (Å²) >= 11 is 0. The van der Waals surface area contributed by atoms with Gasteiger partial charge in [-0.3, -0.25) is 9.69 Å². The van der Waals surface area contributed by atoms with E-state index in [0.717, 1.165) is 11.0 Å². The van der Waals surface area contributed by atoms with Crippen molar-refractivity contribution in [3.63, 3.8) is 0 Å². The van der Waals surface area contributed by atoms with E-state index in [1.807, 2.05) is 0 Å². The van der Waals surface area contributed by atoms with Gasteiger partial charge in [-0.05, 0) is 34.6 Å². The monoisotopic (exact) mass is 406 g/mol. The van der Waals surface area contributed by atoms with E-state index in [4.69, 9.17) is 10.00 Å². The number of likely N-dealkylation sites (tertiary alicyclic amines) is 1. The molecule has 28 heavy (non-hydrogen) atoms. The van der Waals surface area contributed by atoms with Crippen LogP contribution in [0.25, 0.3) is 0 Å². The van der Waals surface area contributed by atoms with Gasteiger partial charge < -0.3 is 4.74 Å². The van der Waals surface area contributed by atoms with Crippen LogP contribution >= 0.6 is 0 Å². The Morgan fingerprint density at radius 1 is 1.32 bits per heavy atom. The highest BCUT2D eigenvalue weighted by Gasteiger charge is 2.47. The fourth-order valence-corrected chi connectivity index (χ4v) is 2.54. The smallest absolute Gasteiger partial charge is 0.436 e. The molecule has 0 aromatic heterocycles. The van der Waals surface area contributed by atoms with Crippen LogP contribution in [0.4, 0.5) is 22.4 Å². The van der Waals surface area contributed by atoms with E-state index in [1.54, 1.807) is 26.2 Å². The second-order valence-corrected chi connectivity index (χ2v) is 7.14. The summed E-state index contributed by atoms with van der Waals surface area (Å²) in [6.45, 7) is 7.30. The minimum atomic E-state index is -5.00. The summed E-state index contributed by atoms with van der Waals surface area (Å²) in [6, 6.07) is -1.09. The maximum atomic E-state index is 14.1. The number of alkyl halides is 4. The molecule has 2 amide bonds. The van der Waals surface area contributed by atoms with E-state index in [0.29, 0.717) is 0 Å². The fourth-order valence-electron chi connectivity index (χ4n) is 2.54. The molecule has 1 fully saturated rings. The van der Waals surface area contributed by atoms with Gasteiger partial charge >= 0.3 is 12.3 Å². The first-order chi connectivity index (χ1) is 12.7. The number of nitrogens with one attached hydrogen (secondary N) is 1. The second kappa shape index (κ2) is 8.58. The predicted octanol–water partition coefficient (Wildman–Crippen LogP) is 3.23. The van der Waals surface area contributed by atoms with Gasteiger partial charge in [0.05, 0.1) is 11.6 Å². The molecular weight excluding hydrogens is 384 g/mol.